The molecule has 0 aliphatic rings. The molecule has 0 radical (unpaired) electrons. The molecule has 0 saturated heterocycles. The maximum atomic E-state index is 9.56. The molecule has 0 aliphatic heterocycles. The monoisotopic (exact) mass is 273 g/mol. The van der Waals surface area contributed by atoms with Crippen LogP contribution in [0.15, 0.2) is 36.4 Å². The van der Waals surface area contributed by atoms with Gasteiger partial charge < -0.3 is 15.2 Å². The number of fused-ring (bicyclic) bond motifs is 1. The molecule has 0 saturated carbocycles. The number of hydrogen-bond acceptors (Lipinski definition) is 3. The number of nitrogens with one attached hydrogen (secondary N) is 1. The Morgan fingerprint density at radius 3 is 2.75 bits per heavy atom. The average molecular weight is 273 g/mol. The van der Waals surface area contributed by atoms with Crippen LogP contribution in [-0.4, -0.2) is 24.9 Å². The molecule has 108 valence electrons. The summed E-state index contributed by atoms with van der Waals surface area (Å²) in [6.45, 7) is 3.56. The first-order chi connectivity index (χ1) is 9.76. The van der Waals surface area contributed by atoms with E-state index in [1.807, 2.05) is 25.1 Å². The lowest BCUT2D eigenvalue weighted by molar-refractivity contribution is 0.159. The van der Waals surface area contributed by atoms with Crippen LogP contribution in [0.5, 0.6) is 5.75 Å². The molecule has 1 unspecified atom stereocenters. The van der Waals surface area contributed by atoms with Crippen molar-refractivity contribution in [2.75, 3.05) is 13.7 Å². The number of rotatable bonds is 7. The van der Waals surface area contributed by atoms with Crippen LogP contribution in [0.4, 0.5) is 0 Å². The normalized spacial score (nSPS) is 12.6. The number of ether oxygens (including phenoxy) is 1. The number of aliphatic hydroxyl groups is 1. The number of hydrogen-bond donors (Lipinski definition) is 2. The zero-order valence-corrected chi connectivity index (χ0v) is 12.2. The number of methoxy groups -OCH3 is 1. The van der Waals surface area contributed by atoms with Crippen molar-refractivity contribution in [3.05, 3.63) is 42.0 Å². The van der Waals surface area contributed by atoms with Crippen LogP contribution in [-0.2, 0) is 6.54 Å². The Hall–Kier alpha value is -1.58. The average Bonchev–Trinajstić information content (AvgIpc) is 2.50. The van der Waals surface area contributed by atoms with Gasteiger partial charge in [0.2, 0.25) is 0 Å². The molecule has 2 aromatic carbocycles. The van der Waals surface area contributed by atoms with Gasteiger partial charge in [0.15, 0.2) is 0 Å². The summed E-state index contributed by atoms with van der Waals surface area (Å²) in [5.41, 5.74) is 1.18. The Bertz CT molecular complexity index is 554. The third kappa shape index (κ3) is 3.50. The highest BCUT2D eigenvalue weighted by atomic mass is 16.5. The maximum absolute atomic E-state index is 9.56. The van der Waals surface area contributed by atoms with Gasteiger partial charge in [-0.05, 0) is 36.2 Å². The quantitative estimate of drug-likeness (QED) is 0.762. The Balaban J connectivity index is 2.11. The summed E-state index contributed by atoms with van der Waals surface area (Å²) in [5.74, 6) is 0.909. The Kier molecular flexibility index (Phi) is 5.39. The zero-order valence-electron chi connectivity index (χ0n) is 12.2. The topological polar surface area (TPSA) is 41.5 Å². The van der Waals surface area contributed by atoms with Gasteiger partial charge in [0, 0.05) is 12.1 Å². The first kappa shape index (κ1) is 14.8. The van der Waals surface area contributed by atoms with Gasteiger partial charge in [-0.15, -0.1) is 0 Å². The Morgan fingerprint density at radius 2 is 2.00 bits per heavy atom. The van der Waals surface area contributed by atoms with E-state index in [-0.39, 0.29) is 6.10 Å². The van der Waals surface area contributed by atoms with Crippen molar-refractivity contribution in [3.63, 3.8) is 0 Å². The molecule has 2 rings (SSSR count). The van der Waals surface area contributed by atoms with Crippen molar-refractivity contribution >= 4 is 10.8 Å². The van der Waals surface area contributed by atoms with E-state index in [9.17, 15) is 5.11 Å². The van der Waals surface area contributed by atoms with Gasteiger partial charge in [0.05, 0.1) is 13.2 Å². The van der Waals surface area contributed by atoms with E-state index in [0.29, 0.717) is 0 Å². The summed E-state index contributed by atoms with van der Waals surface area (Å²) in [7, 11) is 1.70. The van der Waals surface area contributed by atoms with E-state index < -0.39 is 0 Å². The second-order valence-corrected chi connectivity index (χ2v) is 5.00. The van der Waals surface area contributed by atoms with E-state index >= 15 is 0 Å². The van der Waals surface area contributed by atoms with Crippen LogP contribution in [0.1, 0.15) is 25.3 Å². The van der Waals surface area contributed by atoms with Crippen molar-refractivity contribution in [2.24, 2.45) is 0 Å². The van der Waals surface area contributed by atoms with Crippen molar-refractivity contribution in [1.29, 1.82) is 0 Å². The van der Waals surface area contributed by atoms with E-state index in [1.54, 1.807) is 7.11 Å². The van der Waals surface area contributed by atoms with Crippen molar-refractivity contribution in [2.45, 2.75) is 32.4 Å². The summed E-state index contributed by atoms with van der Waals surface area (Å²) in [6.07, 6.45) is 1.37. The molecule has 0 spiro atoms. The minimum atomic E-state index is -0.211. The molecular weight excluding hydrogens is 250 g/mol. The van der Waals surface area contributed by atoms with E-state index in [0.717, 1.165) is 31.7 Å². The van der Waals surface area contributed by atoms with Gasteiger partial charge in [0.25, 0.3) is 0 Å². The lowest BCUT2D eigenvalue weighted by Gasteiger charge is -2.14. The standard InChI is InChI=1S/C17H23NO2/c1-3-14(19)10-11-18-12-16-15-7-5-4-6-13(15)8-9-17(16)20-2/h4-9,14,18-19H,3,10-12H2,1-2H3. The summed E-state index contributed by atoms with van der Waals surface area (Å²) in [6, 6.07) is 12.4. The molecule has 3 heteroatoms. The van der Waals surface area contributed by atoms with Gasteiger partial charge in [0.1, 0.15) is 5.75 Å². The minimum absolute atomic E-state index is 0.211. The first-order valence-electron chi connectivity index (χ1n) is 7.19. The smallest absolute Gasteiger partial charge is 0.123 e. The van der Waals surface area contributed by atoms with Crippen LogP contribution in [0.25, 0.3) is 10.8 Å². The predicted molar refractivity (Wildman–Crippen MR) is 83.1 cm³/mol. The third-order valence-electron chi connectivity index (χ3n) is 3.64. The van der Waals surface area contributed by atoms with Gasteiger partial charge in [-0.25, -0.2) is 0 Å². The van der Waals surface area contributed by atoms with Crippen LogP contribution in [0.2, 0.25) is 0 Å². The maximum Gasteiger partial charge on any atom is 0.123 e. The molecule has 3 nitrogen and oxygen atoms in total. The highest BCUT2D eigenvalue weighted by molar-refractivity contribution is 5.87. The largest absolute Gasteiger partial charge is 0.496 e. The van der Waals surface area contributed by atoms with Crippen molar-refractivity contribution in [3.8, 4) is 5.75 Å². The fourth-order valence-corrected chi connectivity index (χ4v) is 2.38. The molecule has 0 aromatic heterocycles. The predicted octanol–water partition coefficient (Wildman–Crippen LogP) is 3.10. The van der Waals surface area contributed by atoms with Gasteiger partial charge in [-0.2, -0.15) is 0 Å². The molecule has 0 aliphatic carbocycles. The molecular formula is C17H23NO2. The van der Waals surface area contributed by atoms with Gasteiger partial charge in [-0.3, -0.25) is 0 Å². The third-order valence-corrected chi connectivity index (χ3v) is 3.64. The second-order valence-electron chi connectivity index (χ2n) is 5.00. The van der Waals surface area contributed by atoms with E-state index in [2.05, 4.69) is 23.5 Å². The lowest BCUT2D eigenvalue weighted by atomic mass is 10.0. The molecule has 0 bridgehead atoms. The van der Waals surface area contributed by atoms with Crippen LogP contribution < -0.4 is 10.1 Å². The molecule has 2 aromatic rings. The fraction of sp³-hybridized carbons (Fsp3) is 0.412. The SMILES string of the molecule is CCC(O)CCNCc1c(OC)ccc2ccccc12. The minimum Gasteiger partial charge on any atom is -0.496 e. The molecule has 20 heavy (non-hydrogen) atoms. The zero-order chi connectivity index (χ0) is 14.4. The molecule has 0 heterocycles. The second kappa shape index (κ2) is 7.27. The highest BCUT2D eigenvalue weighted by Crippen LogP contribution is 2.27. The van der Waals surface area contributed by atoms with E-state index in [4.69, 9.17) is 4.74 Å². The summed E-state index contributed by atoms with van der Waals surface area (Å²) < 4.78 is 5.46. The fourth-order valence-electron chi connectivity index (χ4n) is 2.38. The van der Waals surface area contributed by atoms with Crippen LogP contribution in [0.3, 0.4) is 0 Å². The summed E-state index contributed by atoms with van der Waals surface area (Å²) >= 11 is 0. The van der Waals surface area contributed by atoms with Crippen molar-refractivity contribution in [1.82, 2.24) is 5.32 Å². The highest BCUT2D eigenvalue weighted by Gasteiger charge is 2.08. The molecule has 1 atom stereocenters. The van der Waals surface area contributed by atoms with Crippen molar-refractivity contribution < 1.29 is 9.84 Å². The number of benzene rings is 2. The molecule has 0 amide bonds. The Labute approximate surface area is 120 Å². The summed E-state index contributed by atoms with van der Waals surface area (Å²) in [4.78, 5) is 0. The summed E-state index contributed by atoms with van der Waals surface area (Å²) in [5, 5.41) is 15.4. The van der Waals surface area contributed by atoms with E-state index in [1.165, 1.54) is 16.3 Å². The molecule has 0 fully saturated rings. The Morgan fingerprint density at radius 1 is 1.20 bits per heavy atom. The van der Waals surface area contributed by atoms with Crippen LogP contribution in [0, 0.1) is 0 Å². The van der Waals surface area contributed by atoms with Gasteiger partial charge >= 0.3 is 0 Å². The van der Waals surface area contributed by atoms with Gasteiger partial charge in [-0.1, -0.05) is 37.3 Å². The first-order valence-corrected chi connectivity index (χ1v) is 7.19. The van der Waals surface area contributed by atoms with Crippen LogP contribution >= 0.6 is 0 Å². The number of aliphatic hydroxyl groups excluding tert-OH is 1. The lowest BCUT2D eigenvalue weighted by Crippen LogP contribution is -2.20. The molecule has 2 N–H and O–H groups in total.